The van der Waals surface area contributed by atoms with Gasteiger partial charge in [0, 0.05) is 19.2 Å². The molecule has 21 heavy (non-hydrogen) atoms. The van der Waals surface area contributed by atoms with Gasteiger partial charge in [0.2, 0.25) is 0 Å². The second-order valence-electron chi connectivity index (χ2n) is 5.77. The lowest BCUT2D eigenvalue weighted by Gasteiger charge is -2.25. The second kappa shape index (κ2) is 7.38. The summed E-state index contributed by atoms with van der Waals surface area (Å²) in [5.41, 5.74) is 0.981. The Morgan fingerprint density at radius 2 is 2.14 bits per heavy atom. The van der Waals surface area contributed by atoms with Gasteiger partial charge in [-0.25, -0.2) is 8.42 Å². The summed E-state index contributed by atoms with van der Waals surface area (Å²) in [4.78, 5) is 2.77. The normalized spacial score (nSPS) is 21.1. The molecule has 0 amide bonds. The highest BCUT2D eigenvalue weighted by Crippen LogP contribution is 2.15. The first-order chi connectivity index (χ1) is 9.99. The first-order valence-corrected chi connectivity index (χ1v) is 9.25. The fourth-order valence-corrected chi connectivity index (χ4v) is 4.05. The molecule has 0 spiro atoms. The van der Waals surface area contributed by atoms with E-state index in [9.17, 15) is 8.42 Å². The molecule has 5 heteroatoms. The fraction of sp³-hybridized carbons (Fsp3) is 0.625. The van der Waals surface area contributed by atoms with Crippen molar-refractivity contribution < 1.29 is 13.2 Å². The Kier molecular flexibility index (Phi) is 5.79. The van der Waals surface area contributed by atoms with Crippen molar-refractivity contribution in [2.45, 2.75) is 37.6 Å². The average Bonchev–Trinajstić information content (AvgIpc) is 2.64. The van der Waals surface area contributed by atoms with E-state index in [1.54, 1.807) is 18.2 Å². The van der Waals surface area contributed by atoms with Crippen molar-refractivity contribution in [1.29, 1.82) is 0 Å². The van der Waals surface area contributed by atoms with E-state index in [1.165, 1.54) is 0 Å². The molecule has 0 bridgehead atoms. The number of hydrogen-bond donors (Lipinski definition) is 0. The Bertz CT molecular complexity index is 556. The Morgan fingerprint density at radius 1 is 1.33 bits per heavy atom. The molecule has 0 N–H and O–H groups in total. The number of aryl methyl sites for hydroxylation is 1. The van der Waals surface area contributed by atoms with Crippen LogP contribution in [-0.4, -0.2) is 51.4 Å². The van der Waals surface area contributed by atoms with Crippen molar-refractivity contribution in [3.63, 3.8) is 0 Å². The summed E-state index contributed by atoms with van der Waals surface area (Å²) < 4.78 is 30.1. The van der Waals surface area contributed by atoms with Gasteiger partial charge >= 0.3 is 0 Å². The molecular weight excluding hydrogens is 286 g/mol. The maximum absolute atomic E-state index is 12.3. The molecule has 1 aliphatic heterocycles. The third-order valence-electron chi connectivity index (χ3n) is 4.03. The number of hydrogen-bond acceptors (Lipinski definition) is 4. The Labute approximate surface area is 128 Å². The Hall–Kier alpha value is -0.910. The van der Waals surface area contributed by atoms with E-state index < -0.39 is 9.84 Å². The van der Waals surface area contributed by atoms with E-state index >= 15 is 0 Å². The van der Waals surface area contributed by atoms with E-state index in [0.717, 1.165) is 38.3 Å². The van der Waals surface area contributed by atoms with E-state index in [-0.39, 0.29) is 5.75 Å². The number of benzene rings is 1. The van der Waals surface area contributed by atoms with Crippen molar-refractivity contribution in [3.05, 3.63) is 29.8 Å². The number of ether oxygens (including phenoxy) is 1. The number of rotatable bonds is 5. The smallest absolute Gasteiger partial charge is 0.178 e. The van der Waals surface area contributed by atoms with Gasteiger partial charge in [0.15, 0.2) is 9.84 Å². The molecule has 0 aromatic heterocycles. The summed E-state index contributed by atoms with van der Waals surface area (Å²) in [5.74, 6) is 0.209. The zero-order valence-corrected chi connectivity index (χ0v) is 13.7. The third kappa shape index (κ3) is 4.80. The molecule has 1 atom stereocenters. The van der Waals surface area contributed by atoms with E-state index in [2.05, 4.69) is 11.8 Å². The summed E-state index contributed by atoms with van der Waals surface area (Å²) in [5, 5.41) is 0. The predicted molar refractivity (Wildman–Crippen MR) is 84.3 cm³/mol. The van der Waals surface area contributed by atoms with Gasteiger partial charge < -0.3 is 4.74 Å². The third-order valence-corrected chi connectivity index (χ3v) is 5.83. The molecular formula is C16H25NO3S. The first kappa shape index (κ1) is 16.5. The largest absolute Gasteiger partial charge is 0.380 e. The fourth-order valence-electron chi connectivity index (χ4n) is 2.66. The van der Waals surface area contributed by atoms with Crippen molar-refractivity contribution in [3.8, 4) is 0 Å². The van der Waals surface area contributed by atoms with E-state index in [1.807, 2.05) is 13.0 Å². The summed E-state index contributed by atoms with van der Waals surface area (Å²) in [6.45, 7) is 7.36. The molecule has 1 heterocycles. The molecule has 0 aliphatic carbocycles. The second-order valence-corrected chi connectivity index (χ2v) is 7.88. The van der Waals surface area contributed by atoms with Crippen LogP contribution in [0, 0.1) is 6.92 Å². The minimum absolute atomic E-state index is 0.209. The molecule has 118 valence electrons. The molecule has 0 radical (unpaired) electrons. The van der Waals surface area contributed by atoms with Crippen LogP contribution in [0.25, 0.3) is 0 Å². The minimum atomic E-state index is -3.17. The quantitative estimate of drug-likeness (QED) is 0.837. The molecule has 4 nitrogen and oxygen atoms in total. The lowest BCUT2D eigenvalue weighted by molar-refractivity contribution is 0.141. The highest BCUT2D eigenvalue weighted by atomic mass is 32.2. The standard InChI is InChI=1S/C16H25NO3S/c1-14-5-3-6-16(13-14)21(18,19)12-4-8-17-9-11-20-10-7-15(17)2/h3,5-6,13,15H,4,7-12H2,1-2H3/t15-/m1/s1. The van der Waals surface area contributed by atoms with Crippen LogP contribution in [0.15, 0.2) is 29.2 Å². The molecule has 0 unspecified atom stereocenters. The molecule has 1 aliphatic rings. The van der Waals surface area contributed by atoms with Gasteiger partial charge in [0.25, 0.3) is 0 Å². The highest BCUT2D eigenvalue weighted by molar-refractivity contribution is 7.91. The topological polar surface area (TPSA) is 46.6 Å². The van der Waals surface area contributed by atoms with Crippen molar-refractivity contribution in [1.82, 2.24) is 4.90 Å². The summed E-state index contributed by atoms with van der Waals surface area (Å²) >= 11 is 0. The number of nitrogens with zero attached hydrogens (tertiary/aromatic N) is 1. The lowest BCUT2D eigenvalue weighted by Crippen LogP contribution is -2.35. The summed E-state index contributed by atoms with van der Waals surface area (Å²) in [6.07, 6.45) is 1.69. The summed E-state index contributed by atoms with van der Waals surface area (Å²) in [7, 11) is -3.17. The van der Waals surface area contributed by atoms with Gasteiger partial charge in [-0.05, 0) is 50.9 Å². The average molecular weight is 311 g/mol. The highest BCUT2D eigenvalue weighted by Gasteiger charge is 2.19. The van der Waals surface area contributed by atoms with Gasteiger partial charge in [0.05, 0.1) is 17.3 Å². The van der Waals surface area contributed by atoms with Crippen LogP contribution in [0.4, 0.5) is 0 Å². The molecule has 2 rings (SSSR count). The Morgan fingerprint density at radius 3 is 2.90 bits per heavy atom. The van der Waals surface area contributed by atoms with Crippen LogP contribution in [0.2, 0.25) is 0 Å². The summed E-state index contributed by atoms with van der Waals surface area (Å²) in [6, 6.07) is 7.62. The van der Waals surface area contributed by atoms with E-state index in [0.29, 0.717) is 17.4 Å². The first-order valence-electron chi connectivity index (χ1n) is 7.60. The van der Waals surface area contributed by atoms with Crippen molar-refractivity contribution in [2.24, 2.45) is 0 Å². The van der Waals surface area contributed by atoms with Crippen LogP contribution in [0.3, 0.4) is 0 Å². The monoisotopic (exact) mass is 311 g/mol. The SMILES string of the molecule is Cc1cccc(S(=O)(=O)CCCN2CCOCC[C@H]2C)c1. The van der Waals surface area contributed by atoms with Crippen LogP contribution in [0.5, 0.6) is 0 Å². The van der Waals surface area contributed by atoms with Crippen molar-refractivity contribution in [2.75, 3.05) is 32.1 Å². The minimum Gasteiger partial charge on any atom is -0.380 e. The zero-order valence-electron chi connectivity index (χ0n) is 12.9. The van der Waals surface area contributed by atoms with Gasteiger partial charge in [-0.1, -0.05) is 12.1 Å². The molecule has 0 saturated carbocycles. The van der Waals surface area contributed by atoms with Gasteiger partial charge in [-0.3, -0.25) is 4.90 Å². The van der Waals surface area contributed by atoms with E-state index in [4.69, 9.17) is 4.74 Å². The van der Waals surface area contributed by atoms with Crippen molar-refractivity contribution >= 4 is 9.84 Å². The van der Waals surface area contributed by atoms with Crippen LogP contribution in [-0.2, 0) is 14.6 Å². The van der Waals surface area contributed by atoms with Crippen LogP contribution in [0.1, 0.15) is 25.3 Å². The maximum atomic E-state index is 12.3. The van der Waals surface area contributed by atoms with Gasteiger partial charge in [0.1, 0.15) is 0 Å². The van der Waals surface area contributed by atoms with Gasteiger partial charge in [-0.15, -0.1) is 0 Å². The molecule has 1 aromatic carbocycles. The molecule has 1 aromatic rings. The number of sulfone groups is 1. The lowest BCUT2D eigenvalue weighted by atomic mass is 10.2. The predicted octanol–water partition coefficient (Wildman–Crippen LogP) is 2.27. The van der Waals surface area contributed by atoms with Crippen LogP contribution >= 0.6 is 0 Å². The maximum Gasteiger partial charge on any atom is 0.178 e. The molecule has 1 fully saturated rings. The molecule has 1 saturated heterocycles. The zero-order chi connectivity index (χ0) is 15.3. The van der Waals surface area contributed by atoms with Crippen LogP contribution < -0.4 is 0 Å². The Balaban J connectivity index is 1.90. The van der Waals surface area contributed by atoms with Gasteiger partial charge in [-0.2, -0.15) is 0 Å².